The highest BCUT2D eigenvalue weighted by atomic mass is 79.9. The quantitative estimate of drug-likeness (QED) is 0.653. The van der Waals surface area contributed by atoms with Crippen molar-refractivity contribution >= 4 is 27.5 Å². The first-order valence-electron chi connectivity index (χ1n) is 3.83. The molecule has 1 aromatic carbocycles. The highest BCUT2D eigenvalue weighted by molar-refractivity contribution is 9.10. The van der Waals surface area contributed by atoms with E-state index in [0.717, 1.165) is 6.07 Å². The highest BCUT2D eigenvalue weighted by Gasteiger charge is 2.33. The van der Waals surface area contributed by atoms with Gasteiger partial charge in [-0.1, -0.05) is 12.1 Å². The molecule has 0 saturated carbocycles. The lowest BCUT2D eigenvalue weighted by Crippen LogP contribution is -2.07. The molecule has 0 spiro atoms. The first-order valence-corrected chi connectivity index (χ1v) is 5.06. The third-order valence-corrected chi connectivity index (χ3v) is 2.88. The summed E-state index contributed by atoms with van der Waals surface area (Å²) < 4.78 is 37.3. The molecule has 0 saturated heterocycles. The Balaban J connectivity index is 3.28. The van der Waals surface area contributed by atoms with Crippen molar-refractivity contribution in [3.8, 4) is 0 Å². The molecule has 1 aromatic rings. The zero-order chi connectivity index (χ0) is 10.9. The lowest BCUT2D eigenvalue weighted by atomic mass is 10.1. The van der Waals surface area contributed by atoms with Crippen molar-refractivity contribution in [1.82, 2.24) is 0 Å². The van der Waals surface area contributed by atoms with Gasteiger partial charge in [0.1, 0.15) is 0 Å². The number of rotatable bonds is 1. The minimum atomic E-state index is -4.35. The van der Waals surface area contributed by atoms with Crippen LogP contribution in [-0.4, -0.2) is 0 Å². The summed E-state index contributed by atoms with van der Waals surface area (Å²) in [5.41, 5.74) is -0.246. The van der Waals surface area contributed by atoms with Gasteiger partial charge in [-0.15, -0.1) is 11.6 Å². The molecular weight excluding hydrogens is 280 g/mol. The van der Waals surface area contributed by atoms with E-state index in [4.69, 9.17) is 11.6 Å². The van der Waals surface area contributed by atoms with E-state index >= 15 is 0 Å². The fraction of sp³-hybridized carbons (Fsp3) is 0.333. The van der Waals surface area contributed by atoms with Gasteiger partial charge in [0.15, 0.2) is 0 Å². The number of benzene rings is 1. The van der Waals surface area contributed by atoms with Gasteiger partial charge in [-0.05, 0) is 34.5 Å². The summed E-state index contributed by atoms with van der Waals surface area (Å²) in [6.07, 6.45) is -4.35. The Hall–Kier alpha value is -0.220. The molecule has 0 fully saturated rings. The van der Waals surface area contributed by atoms with Gasteiger partial charge in [0.2, 0.25) is 0 Å². The van der Waals surface area contributed by atoms with E-state index in [-0.39, 0.29) is 4.47 Å². The van der Waals surface area contributed by atoms with Gasteiger partial charge in [0, 0.05) is 4.47 Å². The second-order valence-electron chi connectivity index (χ2n) is 2.82. The molecule has 0 bridgehead atoms. The predicted molar refractivity (Wildman–Crippen MR) is 53.4 cm³/mol. The molecule has 14 heavy (non-hydrogen) atoms. The zero-order valence-corrected chi connectivity index (χ0v) is 9.54. The van der Waals surface area contributed by atoms with Crippen molar-refractivity contribution in [3.05, 3.63) is 33.8 Å². The van der Waals surface area contributed by atoms with Crippen molar-refractivity contribution in [2.24, 2.45) is 0 Å². The average molecular weight is 288 g/mol. The number of hydrogen-bond donors (Lipinski definition) is 0. The van der Waals surface area contributed by atoms with Crippen molar-refractivity contribution < 1.29 is 13.2 Å². The van der Waals surface area contributed by atoms with Gasteiger partial charge in [0.05, 0.1) is 10.9 Å². The van der Waals surface area contributed by atoms with Crippen LogP contribution in [0.1, 0.15) is 23.4 Å². The molecule has 78 valence electrons. The molecule has 5 heteroatoms. The van der Waals surface area contributed by atoms with Crippen molar-refractivity contribution in [2.45, 2.75) is 18.5 Å². The predicted octanol–water partition coefficient (Wildman–Crippen LogP) is 4.77. The van der Waals surface area contributed by atoms with Crippen LogP contribution in [0.5, 0.6) is 0 Å². The summed E-state index contributed by atoms with van der Waals surface area (Å²) >= 11 is 8.65. The fourth-order valence-electron chi connectivity index (χ4n) is 1.08. The largest absolute Gasteiger partial charge is 0.417 e. The molecule has 0 aliphatic rings. The van der Waals surface area contributed by atoms with E-state index in [9.17, 15) is 13.2 Å². The Morgan fingerprint density at radius 1 is 1.36 bits per heavy atom. The van der Waals surface area contributed by atoms with Gasteiger partial charge in [-0.2, -0.15) is 13.2 Å². The first-order chi connectivity index (χ1) is 6.34. The van der Waals surface area contributed by atoms with E-state index in [1.165, 1.54) is 6.07 Å². The number of hydrogen-bond acceptors (Lipinski definition) is 0. The topological polar surface area (TPSA) is 0 Å². The van der Waals surface area contributed by atoms with Crippen LogP contribution < -0.4 is 0 Å². The summed E-state index contributed by atoms with van der Waals surface area (Å²) in [5, 5.41) is -0.452. The maximum absolute atomic E-state index is 12.4. The Kier molecular flexibility index (Phi) is 3.48. The van der Waals surface area contributed by atoms with E-state index < -0.39 is 17.1 Å². The minimum absolute atomic E-state index is 0.0231. The van der Waals surface area contributed by atoms with Gasteiger partial charge in [-0.3, -0.25) is 0 Å². The zero-order valence-electron chi connectivity index (χ0n) is 7.20. The van der Waals surface area contributed by atoms with Crippen LogP contribution in [0.4, 0.5) is 13.2 Å². The van der Waals surface area contributed by atoms with Gasteiger partial charge in [0.25, 0.3) is 0 Å². The smallest absolute Gasteiger partial charge is 0.166 e. The van der Waals surface area contributed by atoms with Crippen LogP contribution in [0.3, 0.4) is 0 Å². The second kappa shape index (κ2) is 4.11. The molecule has 1 rings (SSSR count). The molecule has 0 amide bonds. The van der Waals surface area contributed by atoms with Crippen molar-refractivity contribution in [3.63, 3.8) is 0 Å². The molecule has 0 nitrogen and oxygen atoms in total. The summed E-state index contributed by atoms with van der Waals surface area (Å²) in [7, 11) is 0. The minimum Gasteiger partial charge on any atom is -0.166 e. The van der Waals surface area contributed by atoms with Crippen LogP contribution in [0.15, 0.2) is 22.7 Å². The summed E-state index contributed by atoms with van der Waals surface area (Å²) in [6.45, 7) is 1.63. The standard InChI is InChI=1S/C9H7BrClF3/c1-5(11)6-3-2-4-7(8(6)10)9(12,13)14/h2-5H,1H3. The maximum Gasteiger partial charge on any atom is 0.417 e. The Labute approximate surface area is 93.2 Å². The molecule has 1 unspecified atom stereocenters. The molecule has 0 aliphatic heterocycles. The normalized spacial score (nSPS) is 14.1. The monoisotopic (exact) mass is 286 g/mol. The summed E-state index contributed by atoms with van der Waals surface area (Å²) in [4.78, 5) is 0. The number of alkyl halides is 4. The average Bonchev–Trinajstić information content (AvgIpc) is 2.01. The van der Waals surface area contributed by atoms with Crippen molar-refractivity contribution in [1.29, 1.82) is 0 Å². The highest BCUT2D eigenvalue weighted by Crippen LogP contribution is 2.39. The Morgan fingerprint density at radius 2 is 1.93 bits per heavy atom. The van der Waals surface area contributed by atoms with Gasteiger partial charge >= 0.3 is 6.18 Å². The van der Waals surface area contributed by atoms with Crippen LogP contribution in [0.2, 0.25) is 0 Å². The summed E-state index contributed by atoms with van der Waals surface area (Å²) in [6, 6.07) is 3.94. The van der Waals surface area contributed by atoms with Crippen LogP contribution >= 0.6 is 27.5 Å². The molecule has 0 heterocycles. The van der Waals surface area contributed by atoms with Crippen LogP contribution in [0, 0.1) is 0 Å². The van der Waals surface area contributed by atoms with Crippen LogP contribution in [0.25, 0.3) is 0 Å². The maximum atomic E-state index is 12.4. The molecule has 1 atom stereocenters. The van der Waals surface area contributed by atoms with E-state index in [0.29, 0.717) is 5.56 Å². The lowest BCUT2D eigenvalue weighted by molar-refractivity contribution is -0.138. The van der Waals surface area contributed by atoms with Gasteiger partial charge in [-0.25, -0.2) is 0 Å². The molecule has 0 N–H and O–H groups in total. The molecule has 0 aromatic heterocycles. The first kappa shape index (κ1) is 11.9. The van der Waals surface area contributed by atoms with E-state index in [2.05, 4.69) is 15.9 Å². The summed E-state index contributed by atoms with van der Waals surface area (Å²) in [5.74, 6) is 0. The Bertz CT molecular complexity index is 333. The van der Waals surface area contributed by atoms with Gasteiger partial charge < -0.3 is 0 Å². The lowest BCUT2D eigenvalue weighted by Gasteiger charge is -2.13. The van der Waals surface area contributed by atoms with E-state index in [1.54, 1.807) is 13.0 Å². The number of halogens is 5. The fourth-order valence-corrected chi connectivity index (χ4v) is 2.22. The second-order valence-corrected chi connectivity index (χ2v) is 4.27. The SMILES string of the molecule is CC(Cl)c1cccc(C(F)(F)F)c1Br. The van der Waals surface area contributed by atoms with Crippen molar-refractivity contribution in [2.75, 3.05) is 0 Å². The molecule has 0 aliphatic carbocycles. The third kappa shape index (κ3) is 2.42. The van der Waals surface area contributed by atoms with Crippen LogP contribution in [-0.2, 0) is 6.18 Å². The Morgan fingerprint density at radius 3 is 2.36 bits per heavy atom. The van der Waals surface area contributed by atoms with E-state index in [1.807, 2.05) is 0 Å². The molecular formula is C9H7BrClF3. The third-order valence-electron chi connectivity index (χ3n) is 1.76. The molecule has 0 radical (unpaired) electrons.